The normalized spacial score (nSPS) is 17.4. The summed E-state index contributed by atoms with van der Waals surface area (Å²) in [5, 5.41) is 4.10. The maximum Gasteiger partial charge on any atom is 0.195 e. The van der Waals surface area contributed by atoms with Crippen molar-refractivity contribution < 1.29 is 4.42 Å². The predicted molar refractivity (Wildman–Crippen MR) is 73.1 cm³/mol. The molecule has 0 bridgehead atoms. The molecular formula is C14H17ClN2O. The molecule has 3 rings (SSSR count). The lowest BCUT2D eigenvalue weighted by Gasteiger charge is -2.20. The van der Waals surface area contributed by atoms with Gasteiger partial charge in [-0.2, -0.15) is 0 Å². The zero-order valence-electron chi connectivity index (χ0n) is 10.5. The van der Waals surface area contributed by atoms with Gasteiger partial charge in [-0.25, -0.2) is 4.98 Å². The second-order valence-electron chi connectivity index (χ2n) is 5.08. The van der Waals surface area contributed by atoms with E-state index >= 15 is 0 Å². The number of hydrogen-bond acceptors (Lipinski definition) is 3. The van der Waals surface area contributed by atoms with Crippen molar-refractivity contribution in [2.75, 3.05) is 13.1 Å². The topological polar surface area (TPSA) is 38.1 Å². The van der Waals surface area contributed by atoms with Gasteiger partial charge in [-0.15, -0.1) is 0 Å². The van der Waals surface area contributed by atoms with Crippen molar-refractivity contribution >= 4 is 22.7 Å². The molecule has 0 radical (unpaired) electrons. The molecule has 2 aromatic rings. The number of nitrogens with zero attached hydrogens (tertiary/aromatic N) is 1. The third-order valence-electron chi connectivity index (χ3n) is 3.61. The van der Waals surface area contributed by atoms with E-state index in [2.05, 4.69) is 10.3 Å². The molecule has 1 aromatic heterocycles. The van der Waals surface area contributed by atoms with Crippen LogP contribution >= 0.6 is 11.6 Å². The van der Waals surface area contributed by atoms with Crippen molar-refractivity contribution in [2.24, 2.45) is 5.92 Å². The van der Waals surface area contributed by atoms with Crippen molar-refractivity contribution in [3.63, 3.8) is 0 Å². The van der Waals surface area contributed by atoms with Crippen LogP contribution in [0.15, 0.2) is 16.5 Å². The fraction of sp³-hybridized carbons (Fsp3) is 0.500. The second-order valence-corrected chi connectivity index (χ2v) is 5.51. The zero-order valence-corrected chi connectivity index (χ0v) is 11.3. The van der Waals surface area contributed by atoms with Gasteiger partial charge in [0, 0.05) is 11.4 Å². The maximum absolute atomic E-state index is 6.04. The summed E-state index contributed by atoms with van der Waals surface area (Å²) in [4.78, 5) is 4.56. The minimum Gasteiger partial charge on any atom is -0.440 e. The van der Waals surface area contributed by atoms with Gasteiger partial charge >= 0.3 is 0 Å². The number of fused-ring (bicyclic) bond motifs is 1. The number of aryl methyl sites for hydroxylation is 1. The van der Waals surface area contributed by atoms with E-state index in [1.807, 2.05) is 19.1 Å². The fourth-order valence-electron chi connectivity index (χ4n) is 2.62. The summed E-state index contributed by atoms with van der Waals surface area (Å²) in [6, 6.07) is 3.79. The lowest BCUT2D eigenvalue weighted by molar-refractivity contribution is 0.346. The van der Waals surface area contributed by atoms with Gasteiger partial charge in [-0.05, 0) is 56.5 Å². The molecule has 18 heavy (non-hydrogen) atoms. The van der Waals surface area contributed by atoms with E-state index in [9.17, 15) is 0 Å². The average Bonchev–Trinajstić information content (AvgIpc) is 2.73. The van der Waals surface area contributed by atoms with Crippen LogP contribution in [0.1, 0.15) is 24.3 Å². The Morgan fingerprint density at radius 1 is 1.39 bits per heavy atom. The first-order valence-corrected chi connectivity index (χ1v) is 6.86. The van der Waals surface area contributed by atoms with E-state index in [-0.39, 0.29) is 0 Å². The van der Waals surface area contributed by atoms with Crippen LogP contribution in [0, 0.1) is 12.8 Å². The van der Waals surface area contributed by atoms with Crippen molar-refractivity contribution in [1.29, 1.82) is 0 Å². The molecule has 1 aliphatic rings. The molecule has 1 aliphatic heterocycles. The van der Waals surface area contributed by atoms with Crippen molar-refractivity contribution in [1.82, 2.24) is 10.3 Å². The van der Waals surface area contributed by atoms with Gasteiger partial charge in [-0.1, -0.05) is 11.6 Å². The summed E-state index contributed by atoms with van der Waals surface area (Å²) >= 11 is 6.04. The van der Waals surface area contributed by atoms with Gasteiger partial charge < -0.3 is 9.73 Å². The number of nitrogens with one attached hydrogen (secondary N) is 1. The molecule has 0 atom stereocenters. The van der Waals surface area contributed by atoms with Crippen LogP contribution in [-0.2, 0) is 6.42 Å². The number of halogens is 1. The number of benzene rings is 1. The fourth-order valence-corrected chi connectivity index (χ4v) is 2.89. The third-order valence-corrected chi connectivity index (χ3v) is 3.83. The second kappa shape index (κ2) is 4.90. The van der Waals surface area contributed by atoms with Crippen LogP contribution in [0.25, 0.3) is 11.1 Å². The number of aromatic nitrogens is 1. The third kappa shape index (κ3) is 2.38. The van der Waals surface area contributed by atoms with E-state index < -0.39 is 0 Å². The predicted octanol–water partition coefficient (Wildman–Crippen LogP) is 3.33. The minimum absolute atomic E-state index is 0.690. The van der Waals surface area contributed by atoms with Gasteiger partial charge in [0.25, 0.3) is 0 Å². The Bertz CT molecular complexity index is 558. The summed E-state index contributed by atoms with van der Waals surface area (Å²) < 4.78 is 5.87. The molecule has 1 saturated heterocycles. The van der Waals surface area contributed by atoms with Crippen LogP contribution in [0.4, 0.5) is 0 Å². The summed E-state index contributed by atoms with van der Waals surface area (Å²) in [6.07, 6.45) is 3.35. The van der Waals surface area contributed by atoms with Crippen LogP contribution in [0.5, 0.6) is 0 Å². The Morgan fingerprint density at radius 3 is 2.94 bits per heavy atom. The lowest BCUT2D eigenvalue weighted by Crippen LogP contribution is -2.28. The standard InChI is InChI=1S/C14H17ClN2O/c1-9-6-11(15)8-12-14(9)18-13(17-12)7-10-2-4-16-5-3-10/h6,8,10,16H,2-5,7H2,1H3. The van der Waals surface area contributed by atoms with E-state index in [1.54, 1.807) is 0 Å². The zero-order chi connectivity index (χ0) is 12.5. The summed E-state index contributed by atoms with van der Waals surface area (Å²) in [5.41, 5.74) is 2.81. The van der Waals surface area contributed by atoms with E-state index in [4.69, 9.17) is 16.0 Å². The van der Waals surface area contributed by atoms with Gasteiger partial charge in [0.15, 0.2) is 11.5 Å². The van der Waals surface area contributed by atoms with Crippen LogP contribution in [0.2, 0.25) is 5.02 Å². The highest BCUT2D eigenvalue weighted by Crippen LogP contribution is 2.26. The average molecular weight is 265 g/mol. The number of rotatable bonds is 2. The molecular weight excluding hydrogens is 248 g/mol. The highest BCUT2D eigenvalue weighted by Gasteiger charge is 2.17. The molecule has 3 nitrogen and oxygen atoms in total. The molecule has 2 heterocycles. The van der Waals surface area contributed by atoms with Crippen LogP contribution in [0.3, 0.4) is 0 Å². The van der Waals surface area contributed by atoms with Crippen LogP contribution < -0.4 is 5.32 Å². The summed E-state index contributed by atoms with van der Waals surface area (Å²) in [5.74, 6) is 1.54. The Labute approximate surface area is 112 Å². The molecule has 0 amide bonds. The Hall–Kier alpha value is -1.06. The molecule has 4 heteroatoms. The Kier molecular flexibility index (Phi) is 3.27. The molecule has 0 saturated carbocycles. The number of hydrogen-bond donors (Lipinski definition) is 1. The molecule has 1 fully saturated rings. The quantitative estimate of drug-likeness (QED) is 0.904. The first-order valence-electron chi connectivity index (χ1n) is 6.48. The van der Waals surface area contributed by atoms with E-state index in [0.717, 1.165) is 47.1 Å². The Balaban J connectivity index is 1.86. The summed E-state index contributed by atoms with van der Waals surface area (Å²) in [6.45, 7) is 4.22. The van der Waals surface area contributed by atoms with Gasteiger partial charge in [0.1, 0.15) is 5.52 Å². The highest BCUT2D eigenvalue weighted by molar-refractivity contribution is 6.31. The molecule has 0 unspecified atom stereocenters. The van der Waals surface area contributed by atoms with Crippen molar-refractivity contribution in [3.05, 3.63) is 28.6 Å². The summed E-state index contributed by atoms with van der Waals surface area (Å²) in [7, 11) is 0. The minimum atomic E-state index is 0.690. The smallest absolute Gasteiger partial charge is 0.195 e. The monoisotopic (exact) mass is 264 g/mol. The first kappa shape index (κ1) is 12.0. The lowest BCUT2D eigenvalue weighted by atomic mass is 9.95. The van der Waals surface area contributed by atoms with Crippen LogP contribution in [-0.4, -0.2) is 18.1 Å². The molecule has 0 spiro atoms. The van der Waals surface area contributed by atoms with Gasteiger partial charge in [0.2, 0.25) is 0 Å². The molecule has 1 N–H and O–H groups in total. The number of piperidine rings is 1. The highest BCUT2D eigenvalue weighted by atomic mass is 35.5. The maximum atomic E-state index is 6.04. The largest absolute Gasteiger partial charge is 0.440 e. The first-order chi connectivity index (χ1) is 8.72. The van der Waals surface area contributed by atoms with Gasteiger partial charge in [-0.3, -0.25) is 0 Å². The van der Waals surface area contributed by atoms with Gasteiger partial charge in [0.05, 0.1) is 0 Å². The number of oxazole rings is 1. The van der Waals surface area contributed by atoms with E-state index in [0.29, 0.717) is 5.92 Å². The molecule has 1 aromatic carbocycles. The molecule has 96 valence electrons. The Morgan fingerprint density at radius 2 is 2.17 bits per heavy atom. The van der Waals surface area contributed by atoms with Crippen molar-refractivity contribution in [3.8, 4) is 0 Å². The van der Waals surface area contributed by atoms with E-state index in [1.165, 1.54) is 12.8 Å². The SMILES string of the molecule is Cc1cc(Cl)cc2nc(CC3CCNCC3)oc12. The molecule has 0 aliphatic carbocycles. The van der Waals surface area contributed by atoms with Crippen molar-refractivity contribution in [2.45, 2.75) is 26.2 Å².